The summed E-state index contributed by atoms with van der Waals surface area (Å²) in [5.41, 5.74) is 7.43. The summed E-state index contributed by atoms with van der Waals surface area (Å²) in [6.45, 7) is 0. The number of rotatable bonds is 5. The van der Waals surface area contributed by atoms with E-state index >= 15 is 0 Å². The molecule has 0 bridgehead atoms. The quantitative estimate of drug-likeness (QED) is 0.831. The van der Waals surface area contributed by atoms with E-state index in [1.807, 2.05) is 6.07 Å². The number of methoxy groups -OCH3 is 2. The number of hydrogen-bond acceptors (Lipinski definition) is 4. The molecule has 3 N–H and O–H groups in total. The summed E-state index contributed by atoms with van der Waals surface area (Å²) in [4.78, 5) is 0.123. The largest absolute Gasteiger partial charge is 0.493 e. The van der Waals surface area contributed by atoms with E-state index in [4.69, 9.17) is 27.4 Å². The number of nitrogens with one attached hydrogen (secondary N) is 1. The smallest absolute Gasteiger partial charge is 0.162 e. The third-order valence-electron chi connectivity index (χ3n) is 2.91. The second-order valence-corrected chi connectivity index (χ2v) is 4.69. The van der Waals surface area contributed by atoms with Gasteiger partial charge in [-0.15, -0.1) is 0 Å². The number of ether oxygens (including phenoxy) is 2. The lowest BCUT2D eigenvalue weighted by atomic mass is 10.1. The first-order valence-electron chi connectivity index (χ1n) is 6.13. The van der Waals surface area contributed by atoms with Crippen LogP contribution in [0.3, 0.4) is 0 Å². The van der Waals surface area contributed by atoms with E-state index in [1.165, 1.54) is 12.1 Å². The zero-order valence-corrected chi connectivity index (χ0v) is 12.5. The predicted octanol–water partition coefficient (Wildman–Crippen LogP) is 3.22. The number of nitrogens with two attached hydrogens (primary N) is 1. The van der Waals surface area contributed by atoms with Crippen LogP contribution in [0.15, 0.2) is 36.4 Å². The molecule has 0 aliphatic heterocycles. The second-order valence-electron chi connectivity index (χ2n) is 4.25. The highest BCUT2D eigenvalue weighted by Gasteiger charge is 2.09. The Kier molecular flexibility index (Phi) is 4.59. The van der Waals surface area contributed by atoms with E-state index in [1.54, 1.807) is 32.4 Å². The van der Waals surface area contributed by atoms with Gasteiger partial charge in [-0.05, 0) is 30.3 Å². The Bertz CT molecular complexity index is 677. The molecule has 0 atom stereocenters. The second kappa shape index (κ2) is 6.41. The van der Waals surface area contributed by atoms with Crippen LogP contribution >= 0.6 is 12.2 Å². The Morgan fingerprint density at radius 1 is 1.10 bits per heavy atom. The molecule has 6 heteroatoms. The van der Waals surface area contributed by atoms with Gasteiger partial charge in [0.15, 0.2) is 11.5 Å². The van der Waals surface area contributed by atoms with Crippen molar-refractivity contribution in [2.24, 2.45) is 5.73 Å². The molecule has 0 heterocycles. The zero-order chi connectivity index (χ0) is 15.4. The molecule has 0 saturated heterocycles. The van der Waals surface area contributed by atoms with Crippen LogP contribution in [0, 0.1) is 5.82 Å². The summed E-state index contributed by atoms with van der Waals surface area (Å²) in [5.74, 6) is 0.814. The Morgan fingerprint density at radius 3 is 2.43 bits per heavy atom. The van der Waals surface area contributed by atoms with Crippen LogP contribution in [0.25, 0.3) is 0 Å². The molecule has 0 radical (unpaired) electrons. The maximum Gasteiger partial charge on any atom is 0.162 e. The van der Waals surface area contributed by atoms with Crippen LogP contribution in [0.4, 0.5) is 15.8 Å². The number of hydrogen-bond donors (Lipinski definition) is 2. The van der Waals surface area contributed by atoms with Crippen molar-refractivity contribution in [1.29, 1.82) is 0 Å². The lowest BCUT2D eigenvalue weighted by Gasteiger charge is -2.13. The van der Waals surface area contributed by atoms with E-state index in [0.29, 0.717) is 22.7 Å². The number of halogens is 1. The van der Waals surface area contributed by atoms with Gasteiger partial charge in [-0.2, -0.15) is 0 Å². The van der Waals surface area contributed by atoms with Crippen molar-refractivity contribution in [3.63, 3.8) is 0 Å². The minimum Gasteiger partial charge on any atom is -0.493 e. The van der Waals surface area contributed by atoms with Gasteiger partial charge < -0.3 is 20.5 Å². The van der Waals surface area contributed by atoms with Gasteiger partial charge in [-0.3, -0.25) is 0 Å². The first-order chi connectivity index (χ1) is 10.0. The molecule has 0 saturated carbocycles. The van der Waals surface area contributed by atoms with E-state index in [-0.39, 0.29) is 4.99 Å². The molecule has 0 aromatic heterocycles. The summed E-state index contributed by atoms with van der Waals surface area (Å²) < 4.78 is 23.7. The van der Waals surface area contributed by atoms with E-state index in [0.717, 1.165) is 5.69 Å². The van der Waals surface area contributed by atoms with Gasteiger partial charge in [0, 0.05) is 23.0 Å². The molecule has 0 aliphatic carbocycles. The van der Waals surface area contributed by atoms with Gasteiger partial charge in [-0.1, -0.05) is 12.2 Å². The van der Waals surface area contributed by atoms with Crippen molar-refractivity contribution < 1.29 is 13.9 Å². The van der Waals surface area contributed by atoms with Crippen LogP contribution in [-0.4, -0.2) is 19.2 Å². The van der Waals surface area contributed by atoms with Crippen molar-refractivity contribution >= 4 is 28.6 Å². The van der Waals surface area contributed by atoms with Gasteiger partial charge in [0.1, 0.15) is 10.8 Å². The lowest BCUT2D eigenvalue weighted by molar-refractivity contribution is 0.355. The van der Waals surface area contributed by atoms with Gasteiger partial charge in [-0.25, -0.2) is 4.39 Å². The predicted molar refractivity (Wildman–Crippen MR) is 85.1 cm³/mol. The summed E-state index contributed by atoms with van der Waals surface area (Å²) in [7, 11) is 3.12. The van der Waals surface area contributed by atoms with Gasteiger partial charge in [0.05, 0.1) is 14.2 Å². The summed E-state index contributed by atoms with van der Waals surface area (Å²) in [6.07, 6.45) is 0. The Hall–Kier alpha value is -2.34. The Balaban J connectivity index is 2.36. The van der Waals surface area contributed by atoms with Gasteiger partial charge in [0.25, 0.3) is 0 Å². The molecular formula is C15H15FN2O2S. The SMILES string of the molecule is COc1ccc(Nc2ccc(F)cc2C(N)=S)cc1OC. The fourth-order valence-corrected chi connectivity index (χ4v) is 2.07. The molecule has 0 spiro atoms. The molecule has 0 unspecified atom stereocenters. The maximum atomic E-state index is 13.3. The van der Waals surface area contributed by atoms with Crippen LogP contribution in [-0.2, 0) is 0 Å². The summed E-state index contributed by atoms with van der Waals surface area (Å²) in [6, 6.07) is 9.57. The van der Waals surface area contributed by atoms with Crippen molar-refractivity contribution in [3.8, 4) is 11.5 Å². The standard InChI is InChI=1S/C15H15FN2O2S/c1-19-13-6-4-10(8-14(13)20-2)18-12-5-3-9(16)7-11(12)15(17)21/h3-8,18H,1-2H3,(H2,17,21). The third kappa shape index (κ3) is 3.41. The molecule has 2 aromatic rings. The number of benzene rings is 2. The van der Waals surface area contributed by atoms with Gasteiger partial charge >= 0.3 is 0 Å². The first-order valence-corrected chi connectivity index (χ1v) is 6.54. The van der Waals surface area contributed by atoms with Crippen molar-refractivity contribution in [2.75, 3.05) is 19.5 Å². The first kappa shape index (κ1) is 15.1. The van der Waals surface area contributed by atoms with Crippen LogP contribution in [0.1, 0.15) is 5.56 Å². The molecule has 2 rings (SSSR count). The van der Waals surface area contributed by atoms with Crippen molar-refractivity contribution in [3.05, 3.63) is 47.8 Å². The highest BCUT2D eigenvalue weighted by molar-refractivity contribution is 7.80. The van der Waals surface area contributed by atoms with E-state index in [2.05, 4.69) is 5.32 Å². The van der Waals surface area contributed by atoms with Crippen LogP contribution in [0.2, 0.25) is 0 Å². The average molecular weight is 306 g/mol. The molecule has 110 valence electrons. The fraction of sp³-hybridized carbons (Fsp3) is 0.133. The highest BCUT2D eigenvalue weighted by atomic mass is 32.1. The third-order valence-corrected chi connectivity index (χ3v) is 3.13. The lowest BCUT2D eigenvalue weighted by Crippen LogP contribution is -2.12. The van der Waals surface area contributed by atoms with Crippen LogP contribution < -0.4 is 20.5 Å². The zero-order valence-electron chi connectivity index (χ0n) is 11.6. The molecule has 2 aromatic carbocycles. The molecule has 0 fully saturated rings. The van der Waals surface area contributed by atoms with E-state index < -0.39 is 5.82 Å². The maximum absolute atomic E-state index is 13.3. The summed E-state index contributed by atoms with van der Waals surface area (Å²) >= 11 is 4.94. The number of thiocarbonyl (C=S) groups is 1. The Morgan fingerprint density at radius 2 is 1.81 bits per heavy atom. The monoisotopic (exact) mass is 306 g/mol. The fourth-order valence-electron chi connectivity index (χ4n) is 1.90. The molecule has 0 aliphatic rings. The average Bonchev–Trinajstić information content (AvgIpc) is 2.48. The number of anilines is 2. The molecular weight excluding hydrogens is 291 g/mol. The van der Waals surface area contributed by atoms with Crippen LogP contribution in [0.5, 0.6) is 11.5 Å². The molecule has 0 amide bonds. The Labute approximate surface area is 127 Å². The minimum absolute atomic E-state index is 0.123. The van der Waals surface area contributed by atoms with Gasteiger partial charge in [0.2, 0.25) is 0 Å². The normalized spacial score (nSPS) is 10.0. The highest BCUT2D eigenvalue weighted by Crippen LogP contribution is 2.31. The molecule has 21 heavy (non-hydrogen) atoms. The van der Waals surface area contributed by atoms with Crippen molar-refractivity contribution in [1.82, 2.24) is 0 Å². The minimum atomic E-state index is -0.393. The summed E-state index contributed by atoms with van der Waals surface area (Å²) in [5, 5.41) is 3.14. The van der Waals surface area contributed by atoms with E-state index in [9.17, 15) is 4.39 Å². The topological polar surface area (TPSA) is 56.5 Å². The van der Waals surface area contributed by atoms with Crippen molar-refractivity contribution in [2.45, 2.75) is 0 Å². The molecule has 4 nitrogen and oxygen atoms in total.